The molecular weight excluding hydrogens is 115 g/mol. The zero-order valence-corrected chi connectivity index (χ0v) is 3.68. The van der Waals surface area contributed by atoms with Gasteiger partial charge in [-0.1, -0.05) is 0 Å². The minimum absolute atomic E-state index is 0. The van der Waals surface area contributed by atoms with Crippen LogP contribution in [-0.4, -0.2) is 23.4 Å². The van der Waals surface area contributed by atoms with Crippen molar-refractivity contribution in [3.8, 4) is 0 Å². The molecular formula is C2H6CoO2. The zero-order chi connectivity index (χ0) is 3.41. The second kappa shape index (κ2) is 8.83. The Balaban J connectivity index is 0. The molecule has 0 spiro atoms. The molecule has 1 radical (unpaired) electrons. The first-order chi connectivity index (χ1) is 1.91. The minimum atomic E-state index is -0.125. The van der Waals surface area contributed by atoms with E-state index in [1.165, 1.54) is 0 Å². The molecule has 0 heterocycles. The molecule has 0 aromatic rings. The summed E-state index contributed by atoms with van der Waals surface area (Å²) in [4.78, 5) is 0. The molecule has 35 valence electrons. The van der Waals surface area contributed by atoms with Crippen LogP contribution in [0.25, 0.3) is 0 Å². The maximum absolute atomic E-state index is 7.62. The maximum Gasteiger partial charge on any atom is 0.0662 e. The SMILES string of the molecule is OCCO.[Co]. The van der Waals surface area contributed by atoms with Crippen molar-refractivity contribution < 1.29 is 27.0 Å². The van der Waals surface area contributed by atoms with Gasteiger partial charge in [-0.05, 0) is 0 Å². The molecule has 0 aliphatic rings. The standard InChI is InChI=1S/C2H6O2.Co/c3-1-2-4;/h3-4H,1-2H2;. The van der Waals surface area contributed by atoms with E-state index in [4.69, 9.17) is 10.2 Å². The molecule has 0 saturated carbocycles. The molecule has 0 rings (SSSR count). The van der Waals surface area contributed by atoms with Crippen molar-refractivity contribution in [3.63, 3.8) is 0 Å². The summed E-state index contributed by atoms with van der Waals surface area (Å²) < 4.78 is 0. The van der Waals surface area contributed by atoms with Crippen molar-refractivity contribution in [1.82, 2.24) is 0 Å². The fourth-order valence-corrected chi connectivity index (χ4v) is 0. The smallest absolute Gasteiger partial charge is 0.0662 e. The topological polar surface area (TPSA) is 40.5 Å². The van der Waals surface area contributed by atoms with Gasteiger partial charge in [0.25, 0.3) is 0 Å². The predicted octanol–water partition coefficient (Wildman–Crippen LogP) is -1.03. The summed E-state index contributed by atoms with van der Waals surface area (Å²) in [5.41, 5.74) is 0. The van der Waals surface area contributed by atoms with Crippen molar-refractivity contribution in [2.75, 3.05) is 13.2 Å². The van der Waals surface area contributed by atoms with Crippen molar-refractivity contribution in [2.24, 2.45) is 0 Å². The zero-order valence-electron chi connectivity index (χ0n) is 2.64. The Labute approximate surface area is 41.0 Å². The molecule has 0 aromatic heterocycles. The molecule has 0 saturated heterocycles. The summed E-state index contributed by atoms with van der Waals surface area (Å²) in [5, 5.41) is 15.2. The number of aliphatic hydroxyl groups is 2. The summed E-state index contributed by atoms with van der Waals surface area (Å²) >= 11 is 0. The van der Waals surface area contributed by atoms with Gasteiger partial charge in [-0.3, -0.25) is 0 Å². The molecule has 0 aromatic carbocycles. The van der Waals surface area contributed by atoms with Crippen LogP contribution < -0.4 is 0 Å². The van der Waals surface area contributed by atoms with Gasteiger partial charge in [-0.25, -0.2) is 0 Å². The summed E-state index contributed by atoms with van der Waals surface area (Å²) in [6.45, 7) is -0.250. The van der Waals surface area contributed by atoms with Gasteiger partial charge in [-0.2, -0.15) is 0 Å². The first-order valence-corrected chi connectivity index (χ1v) is 1.13. The summed E-state index contributed by atoms with van der Waals surface area (Å²) in [5.74, 6) is 0. The molecule has 3 heteroatoms. The molecule has 0 aliphatic carbocycles. The number of rotatable bonds is 1. The minimum Gasteiger partial charge on any atom is -0.394 e. The van der Waals surface area contributed by atoms with E-state index >= 15 is 0 Å². The number of aliphatic hydroxyl groups excluding tert-OH is 2. The Kier molecular flexibility index (Phi) is 16.0. The van der Waals surface area contributed by atoms with E-state index in [0.717, 1.165) is 0 Å². The van der Waals surface area contributed by atoms with E-state index in [9.17, 15) is 0 Å². The third-order valence-electron chi connectivity index (χ3n) is 0.1000. The van der Waals surface area contributed by atoms with Crippen LogP contribution in [0.3, 0.4) is 0 Å². The number of hydrogen-bond acceptors (Lipinski definition) is 2. The van der Waals surface area contributed by atoms with Crippen LogP contribution in [0.5, 0.6) is 0 Å². The van der Waals surface area contributed by atoms with Crippen molar-refractivity contribution >= 4 is 0 Å². The molecule has 0 fully saturated rings. The van der Waals surface area contributed by atoms with E-state index in [0.29, 0.717) is 0 Å². The Morgan fingerprint density at radius 3 is 1.20 bits per heavy atom. The third kappa shape index (κ3) is 12.8. The van der Waals surface area contributed by atoms with Gasteiger partial charge in [0.2, 0.25) is 0 Å². The van der Waals surface area contributed by atoms with E-state index in [1.54, 1.807) is 0 Å². The summed E-state index contributed by atoms with van der Waals surface area (Å²) in [7, 11) is 0. The van der Waals surface area contributed by atoms with Crippen LogP contribution in [-0.2, 0) is 16.8 Å². The van der Waals surface area contributed by atoms with Crippen molar-refractivity contribution in [2.45, 2.75) is 0 Å². The van der Waals surface area contributed by atoms with E-state index < -0.39 is 0 Å². The average Bonchev–Trinajstić information content (AvgIpc) is 1.37. The fourth-order valence-electron chi connectivity index (χ4n) is 0. The van der Waals surface area contributed by atoms with Gasteiger partial charge in [-0.15, -0.1) is 0 Å². The first kappa shape index (κ1) is 9.06. The molecule has 2 N–H and O–H groups in total. The quantitative estimate of drug-likeness (QED) is 0.465. The molecule has 0 amide bonds. The van der Waals surface area contributed by atoms with Crippen LogP contribution in [0.15, 0.2) is 0 Å². The van der Waals surface area contributed by atoms with Gasteiger partial charge in [0.15, 0.2) is 0 Å². The first-order valence-electron chi connectivity index (χ1n) is 1.13. The van der Waals surface area contributed by atoms with Gasteiger partial charge in [0.1, 0.15) is 0 Å². The van der Waals surface area contributed by atoms with Gasteiger partial charge >= 0.3 is 0 Å². The van der Waals surface area contributed by atoms with Crippen LogP contribution in [0, 0.1) is 0 Å². The Hall–Kier alpha value is 0.426. The summed E-state index contributed by atoms with van der Waals surface area (Å²) in [6, 6.07) is 0. The maximum atomic E-state index is 7.62. The van der Waals surface area contributed by atoms with Gasteiger partial charge in [0.05, 0.1) is 13.2 Å². The second-order valence-electron chi connectivity index (χ2n) is 0.447. The molecule has 0 atom stereocenters. The largest absolute Gasteiger partial charge is 0.394 e. The monoisotopic (exact) mass is 121 g/mol. The van der Waals surface area contributed by atoms with Gasteiger partial charge < -0.3 is 10.2 Å². The van der Waals surface area contributed by atoms with E-state index in [-0.39, 0.29) is 30.0 Å². The molecule has 0 bridgehead atoms. The Morgan fingerprint density at radius 1 is 1.00 bits per heavy atom. The Morgan fingerprint density at radius 2 is 1.20 bits per heavy atom. The number of hydrogen-bond donors (Lipinski definition) is 2. The second-order valence-corrected chi connectivity index (χ2v) is 0.447. The van der Waals surface area contributed by atoms with E-state index in [2.05, 4.69) is 0 Å². The molecule has 2 nitrogen and oxygen atoms in total. The van der Waals surface area contributed by atoms with E-state index in [1.807, 2.05) is 0 Å². The summed E-state index contributed by atoms with van der Waals surface area (Å²) in [6.07, 6.45) is 0. The average molecular weight is 121 g/mol. The fraction of sp³-hybridized carbons (Fsp3) is 1.00. The normalized spacial score (nSPS) is 6.00. The third-order valence-corrected chi connectivity index (χ3v) is 0.1000. The van der Waals surface area contributed by atoms with Gasteiger partial charge in [0, 0.05) is 16.8 Å². The predicted molar refractivity (Wildman–Crippen MR) is 14.2 cm³/mol. The van der Waals surface area contributed by atoms with Crippen molar-refractivity contribution in [3.05, 3.63) is 0 Å². The molecule has 0 unspecified atom stereocenters. The van der Waals surface area contributed by atoms with Crippen LogP contribution in [0.1, 0.15) is 0 Å². The van der Waals surface area contributed by atoms with Crippen LogP contribution >= 0.6 is 0 Å². The van der Waals surface area contributed by atoms with Crippen LogP contribution in [0.4, 0.5) is 0 Å². The molecule has 5 heavy (non-hydrogen) atoms. The Bertz CT molecular complexity index is 9.61. The van der Waals surface area contributed by atoms with Crippen molar-refractivity contribution in [1.29, 1.82) is 0 Å². The van der Waals surface area contributed by atoms with Crippen LogP contribution in [0.2, 0.25) is 0 Å². The molecule has 0 aliphatic heterocycles.